The maximum atomic E-state index is 11.7. The standard InChI is InChI=1S/C14H14N2O4S/c15-21(18,19)13-5-3-11(4-6-13)7-9-20-14(17)12-2-1-8-16-10-12/h1-6,8,10H,7,9H2,(H2,15,18,19). The third-order valence-electron chi connectivity index (χ3n) is 2.77. The van der Waals surface area contributed by atoms with Crippen LogP contribution < -0.4 is 5.14 Å². The Morgan fingerprint density at radius 1 is 1.19 bits per heavy atom. The number of hydrogen-bond acceptors (Lipinski definition) is 5. The van der Waals surface area contributed by atoms with Crippen LogP contribution in [0.3, 0.4) is 0 Å². The number of carbonyl (C=O) groups is 1. The highest BCUT2D eigenvalue weighted by Crippen LogP contribution is 2.09. The quantitative estimate of drug-likeness (QED) is 0.835. The predicted molar refractivity (Wildman–Crippen MR) is 76.0 cm³/mol. The molecular formula is C14H14N2O4S. The van der Waals surface area contributed by atoms with Crippen LogP contribution in [0.15, 0.2) is 53.7 Å². The third-order valence-corrected chi connectivity index (χ3v) is 3.70. The van der Waals surface area contributed by atoms with E-state index in [4.69, 9.17) is 9.88 Å². The van der Waals surface area contributed by atoms with Crippen LogP contribution in [0.1, 0.15) is 15.9 Å². The molecule has 0 aliphatic carbocycles. The van der Waals surface area contributed by atoms with E-state index in [0.29, 0.717) is 12.0 Å². The van der Waals surface area contributed by atoms with E-state index in [1.54, 1.807) is 30.5 Å². The fraction of sp³-hybridized carbons (Fsp3) is 0.143. The number of ether oxygens (including phenoxy) is 1. The molecule has 0 saturated heterocycles. The summed E-state index contributed by atoms with van der Waals surface area (Å²) in [6.07, 6.45) is 3.49. The van der Waals surface area contributed by atoms with Gasteiger partial charge in [-0.05, 0) is 29.8 Å². The molecule has 1 aromatic heterocycles. The van der Waals surface area contributed by atoms with Crippen molar-refractivity contribution in [2.75, 3.05) is 6.61 Å². The predicted octanol–water partition coefficient (Wildman–Crippen LogP) is 1.13. The minimum absolute atomic E-state index is 0.0543. The van der Waals surface area contributed by atoms with Gasteiger partial charge in [0.1, 0.15) is 0 Å². The van der Waals surface area contributed by atoms with Crippen LogP contribution in [0.4, 0.5) is 0 Å². The highest BCUT2D eigenvalue weighted by atomic mass is 32.2. The van der Waals surface area contributed by atoms with E-state index in [1.165, 1.54) is 18.3 Å². The fourth-order valence-corrected chi connectivity index (χ4v) is 2.19. The van der Waals surface area contributed by atoms with Crippen molar-refractivity contribution in [1.82, 2.24) is 4.98 Å². The number of sulfonamides is 1. The molecule has 0 fully saturated rings. The summed E-state index contributed by atoms with van der Waals surface area (Å²) in [7, 11) is -3.68. The second-order valence-corrected chi connectivity index (χ2v) is 5.88. The summed E-state index contributed by atoms with van der Waals surface area (Å²) >= 11 is 0. The lowest BCUT2D eigenvalue weighted by Gasteiger charge is -2.05. The minimum Gasteiger partial charge on any atom is -0.462 e. The van der Waals surface area contributed by atoms with Crippen LogP contribution in [0.5, 0.6) is 0 Å². The number of carbonyl (C=O) groups excluding carboxylic acids is 1. The van der Waals surface area contributed by atoms with Gasteiger partial charge in [0.15, 0.2) is 0 Å². The van der Waals surface area contributed by atoms with Crippen LogP contribution >= 0.6 is 0 Å². The van der Waals surface area contributed by atoms with Crippen LogP contribution in [0.2, 0.25) is 0 Å². The third kappa shape index (κ3) is 4.37. The SMILES string of the molecule is NS(=O)(=O)c1ccc(CCOC(=O)c2cccnc2)cc1. The van der Waals surface area contributed by atoms with Gasteiger partial charge in [-0.1, -0.05) is 12.1 Å². The summed E-state index contributed by atoms with van der Waals surface area (Å²) in [6, 6.07) is 9.40. The van der Waals surface area contributed by atoms with Gasteiger partial charge in [-0.15, -0.1) is 0 Å². The highest BCUT2D eigenvalue weighted by molar-refractivity contribution is 7.89. The van der Waals surface area contributed by atoms with Crippen molar-refractivity contribution in [2.45, 2.75) is 11.3 Å². The molecule has 7 heteroatoms. The summed E-state index contributed by atoms with van der Waals surface area (Å²) < 4.78 is 27.3. The summed E-state index contributed by atoms with van der Waals surface area (Å²) in [5.41, 5.74) is 1.24. The Balaban J connectivity index is 1.88. The number of primary sulfonamides is 1. The maximum Gasteiger partial charge on any atom is 0.339 e. The number of pyridine rings is 1. The lowest BCUT2D eigenvalue weighted by Crippen LogP contribution is -2.12. The Bertz CT molecular complexity index is 712. The van der Waals surface area contributed by atoms with Crippen molar-refractivity contribution in [2.24, 2.45) is 5.14 Å². The number of aromatic nitrogens is 1. The Kier molecular flexibility index (Phi) is 4.66. The molecule has 2 aromatic rings. The maximum absolute atomic E-state index is 11.7. The van der Waals surface area contributed by atoms with Gasteiger partial charge in [0.25, 0.3) is 0 Å². The molecule has 0 radical (unpaired) electrons. The first kappa shape index (κ1) is 15.1. The van der Waals surface area contributed by atoms with Crippen LogP contribution in [-0.4, -0.2) is 26.0 Å². The fourth-order valence-electron chi connectivity index (χ4n) is 1.67. The average molecular weight is 306 g/mol. The van der Waals surface area contributed by atoms with Gasteiger partial charge >= 0.3 is 5.97 Å². The number of nitrogens with zero attached hydrogens (tertiary/aromatic N) is 1. The van der Waals surface area contributed by atoms with Gasteiger partial charge in [0.2, 0.25) is 10.0 Å². The molecule has 0 unspecified atom stereocenters. The van der Waals surface area contributed by atoms with Crippen molar-refractivity contribution in [1.29, 1.82) is 0 Å². The lowest BCUT2D eigenvalue weighted by molar-refractivity contribution is 0.0509. The largest absolute Gasteiger partial charge is 0.462 e. The molecule has 0 saturated carbocycles. The van der Waals surface area contributed by atoms with E-state index >= 15 is 0 Å². The van der Waals surface area contributed by atoms with E-state index in [0.717, 1.165) is 5.56 Å². The summed E-state index contributed by atoms with van der Waals surface area (Å²) in [5, 5.41) is 5.01. The van der Waals surface area contributed by atoms with E-state index in [-0.39, 0.29) is 11.5 Å². The topological polar surface area (TPSA) is 99.4 Å². The molecule has 0 bridgehead atoms. The first-order valence-electron chi connectivity index (χ1n) is 6.16. The molecule has 0 aliphatic rings. The second-order valence-electron chi connectivity index (χ2n) is 4.32. The Hall–Kier alpha value is -2.25. The Labute approximate surface area is 122 Å². The van der Waals surface area contributed by atoms with Crippen molar-refractivity contribution < 1.29 is 17.9 Å². The highest BCUT2D eigenvalue weighted by Gasteiger charge is 2.08. The summed E-state index contributed by atoms with van der Waals surface area (Å²) in [6.45, 7) is 0.197. The van der Waals surface area contributed by atoms with E-state index in [9.17, 15) is 13.2 Å². The molecule has 1 heterocycles. The number of nitrogens with two attached hydrogens (primary N) is 1. The zero-order chi connectivity index (χ0) is 15.3. The van der Waals surface area contributed by atoms with Gasteiger partial charge in [-0.25, -0.2) is 18.4 Å². The van der Waals surface area contributed by atoms with Crippen LogP contribution in [-0.2, 0) is 21.2 Å². The number of hydrogen-bond donors (Lipinski definition) is 1. The number of rotatable bonds is 5. The zero-order valence-electron chi connectivity index (χ0n) is 11.1. The minimum atomic E-state index is -3.68. The first-order valence-corrected chi connectivity index (χ1v) is 7.70. The van der Waals surface area contributed by atoms with E-state index < -0.39 is 16.0 Å². The molecule has 0 amide bonds. The number of esters is 1. The van der Waals surface area contributed by atoms with Crippen LogP contribution in [0, 0.1) is 0 Å². The molecule has 0 aliphatic heterocycles. The van der Waals surface area contributed by atoms with Crippen molar-refractivity contribution in [3.8, 4) is 0 Å². The molecule has 2 rings (SSSR count). The van der Waals surface area contributed by atoms with Gasteiger partial charge < -0.3 is 4.74 Å². The molecule has 110 valence electrons. The zero-order valence-corrected chi connectivity index (χ0v) is 11.9. The molecule has 0 spiro atoms. The molecule has 21 heavy (non-hydrogen) atoms. The van der Waals surface area contributed by atoms with Gasteiger partial charge in [0, 0.05) is 18.8 Å². The smallest absolute Gasteiger partial charge is 0.339 e. The van der Waals surface area contributed by atoms with Gasteiger partial charge in [0.05, 0.1) is 17.1 Å². The molecular weight excluding hydrogens is 292 g/mol. The molecule has 2 N–H and O–H groups in total. The molecule has 1 aromatic carbocycles. The molecule has 0 atom stereocenters. The van der Waals surface area contributed by atoms with E-state index in [2.05, 4.69) is 4.98 Å². The van der Waals surface area contributed by atoms with Crippen LogP contribution in [0.25, 0.3) is 0 Å². The monoisotopic (exact) mass is 306 g/mol. The van der Waals surface area contributed by atoms with Crippen molar-refractivity contribution >= 4 is 16.0 Å². The lowest BCUT2D eigenvalue weighted by atomic mass is 10.2. The number of benzene rings is 1. The normalized spacial score (nSPS) is 11.1. The van der Waals surface area contributed by atoms with Gasteiger partial charge in [-0.3, -0.25) is 4.98 Å². The van der Waals surface area contributed by atoms with Crippen molar-refractivity contribution in [3.05, 3.63) is 59.9 Å². The Morgan fingerprint density at radius 3 is 2.48 bits per heavy atom. The summed E-state index contributed by atoms with van der Waals surface area (Å²) in [4.78, 5) is 15.6. The first-order chi connectivity index (χ1) is 9.97. The van der Waals surface area contributed by atoms with E-state index in [1.807, 2.05) is 0 Å². The second kappa shape index (κ2) is 6.47. The Morgan fingerprint density at radius 2 is 1.90 bits per heavy atom. The molecule has 6 nitrogen and oxygen atoms in total. The van der Waals surface area contributed by atoms with Crippen molar-refractivity contribution in [3.63, 3.8) is 0 Å². The summed E-state index contributed by atoms with van der Waals surface area (Å²) in [5.74, 6) is -0.441. The van der Waals surface area contributed by atoms with Gasteiger partial charge in [-0.2, -0.15) is 0 Å². The average Bonchev–Trinajstić information content (AvgIpc) is 2.47.